The number of hydrogen-bond donors (Lipinski definition) is 0. The van der Waals surface area contributed by atoms with Gasteiger partial charge in [-0.3, -0.25) is 0 Å². The molecule has 0 spiro atoms. The predicted octanol–water partition coefficient (Wildman–Crippen LogP) is 7.50. The van der Waals surface area contributed by atoms with Crippen LogP contribution in [-0.4, -0.2) is 6.18 Å². The average molecular weight is 522 g/mol. The van der Waals surface area contributed by atoms with Gasteiger partial charge >= 0.3 is 6.18 Å². The molecule has 30 heavy (non-hydrogen) atoms. The average Bonchev–Trinajstić information content (AvgIpc) is 2.75. The van der Waals surface area contributed by atoms with Crippen LogP contribution in [-0.2, 0) is 10.2 Å². The van der Waals surface area contributed by atoms with Crippen LogP contribution in [0.2, 0.25) is 0 Å². The Morgan fingerprint density at radius 2 is 1.30 bits per heavy atom. The second-order valence-corrected chi connectivity index (χ2v) is 7.88. The third-order valence-electron chi connectivity index (χ3n) is 4.95. The molecule has 3 aromatic carbocycles. The lowest BCUT2D eigenvalue weighted by atomic mass is 9.76. The number of alkyl halides is 3. The van der Waals surface area contributed by atoms with Crippen LogP contribution in [0.5, 0.6) is 0 Å². The van der Waals surface area contributed by atoms with Crippen molar-refractivity contribution in [2.45, 2.75) is 11.6 Å². The number of ether oxygens (including phenoxy) is 1. The highest BCUT2D eigenvalue weighted by atomic mass is 127. The van der Waals surface area contributed by atoms with Crippen molar-refractivity contribution in [2.75, 3.05) is 0 Å². The van der Waals surface area contributed by atoms with Gasteiger partial charge in [-0.15, -0.1) is 0 Å². The van der Waals surface area contributed by atoms with Gasteiger partial charge in [-0.2, -0.15) is 13.2 Å². The first kappa shape index (κ1) is 20.7. The molecule has 0 saturated carbocycles. The number of hydrogen-bond acceptors (Lipinski definition) is 1. The zero-order chi connectivity index (χ0) is 21.4. The predicted molar refractivity (Wildman–Crippen MR) is 117 cm³/mol. The molecule has 0 fully saturated rings. The van der Waals surface area contributed by atoms with Crippen molar-refractivity contribution >= 4 is 34.1 Å². The van der Waals surface area contributed by atoms with Crippen LogP contribution in [0.4, 0.5) is 17.6 Å². The van der Waals surface area contributed by atoms with Gasteiger partial charge < -0.3 is 4.74 Å². The summed E-state index contributed by atoms with van der Waals surface area (Å²) < 4.78 is 63.7. The molecule has 3 aromatic rings. The summed E-state index contributed by atoms with van der Waals surface area (Å²) in [6.07, 6.45) is -3.51. The third kappa shape index (κ3) is 3.53. The summed E-state index contributed by atoms with van der Waals surface area (Å²) in [6.45, 7) is 0. The molecular weight excluding hydrogens is 507 g/mol. The minimum atomic E-state index is -4.64. The molecule has 0 aromatic heterocycles. The van der Waals surface area contributed by atoms with Gasteiger partial charge in [-0.25, -0.2) is 4.39 Å². The summed E-state index contributed by atoms with van der Waals surface area (Å²) in [5, 5.41) is 0. The molecule has 1 unspecified atom stereocenters. The fourth-order valence-electron chi connectivity index (χ4n) is 3.44. The minimum Gasteiger partial charge on any atom is -0.456 e. The van der Waals surface area contributed by atoms with Crippen molar-refractivity contribution in [1.82, 2.24) is 0 Å². The monoisotopic (exact) mass is 522 g/mol. The number of rotatable bonds is 3. The standard InChI is InChI=1S/C24H15F4IO/c25-19-13-11-17(12-14-19)21-22(29)23(24(26,27)28,18-9-5-2-6-10-18)15-20(30-21)16-7-3-1-4-8-16/h1-15H. The smallest absolute Gasteiger partial charge is 0.406 e. The van der Waals surface area contributed by atoms with E-state index in [1.807, 2.05) is 0 Å². The number of benzene rings is 3. The minimum absolute atomic E-state index is 0.0370. The van der Waals surface area contributed by atoms with E-state index >= 15 is 0 Å². The van der Waals surface area contributed by atoms with Gasteiger partial charge in [-0.1, -0.05) is 60.7 Å². The van der Waals surface area contributed by atoms with E-state index in [2.05, 4.69) is 0 Å². The fourth-order valence-corrected chi connectivity index (χ4v) is 4.63. The van der Waals surface area contributed by atoms with Gasteiger partial charge in [0.05, 0.1) is 3.58 Å². The molecule has 1 atom stereocenters. The Labute approximate surface area is 184 Å². The molecule has 0 N–H and O–H groups in total. The Morgan fingerprint density at radius 3 is 1.87 bits per heavy atom. The van der Waals surface area contributed by atoms with Gasteiger partial charge in [0, 0.05) is 11.1 Å². The van der Waals surface area contributed by atoms with E-state index in [0.717, 1.165) is 6.08 Å². The summed E-state index contributed by atoms with van der Waals surface area (Å²) in [7, 11) is 0. The van der Waals surface area contributed by atoms with Crippen LogP contribution in [0.25, 0.3) is 11.5 Å². The normalized spacial score (nSPS) is 19.3. The molecule has 1 aliphatic heterocycles. The van der Waals surface area contributed by atoms with E-state index in [9.17, 15) is 17.6 Å². The molecule has 1 nitrogen and oxygen atoms in total. The van der Waals surface area contributed by atoms with Gasteiger partial charge in [0.2, 0.25) is 0 Å². The Hall–Kier alpha value is -2.61. The molecule has 0 amide bonds. The zero-order valence-corrected chi connectivity index (χ0v) is 17.6. The molecule has 152 valence electrons. The summed E-state index contributed by atoms with van der Waals surface area (Å²) in [6, 6.07) is 21.6. The Kier molecular flexibility index (Phi) is 5.44. The van der Waals surface area contributed by atoms with Crippen LogP contribution < -0.4 is 0 Å². The highest BCUT2D eigenvalue weighted by Gasteiger charge is 2.59. The maximum atomic E-state index is 14.8. The van der Waals surface area contributed by atoms with Crippen LogP contribution in [0, 0.1) is 5.82 Å². The Bertz CT molecular complexity index is 1100. The molecule has 0 saturated heterocycles. The van der Waals surface area contributed by atoms with Crippen LogP contribution in [0.3, 0.4) is 0 Å². The summed E-state index contributed by atoms with van der Waals surface area (Å²) in [4.78, 5) is 0. The third-order valence-corrected chi connectivity index (χ3v) is 6.29. The fraction of sp³-hybridized carbons (Fsp3) is 0.0833. The summed E-state index contributed by atoms with van der Waals surface area (Å²) >= 11 is 1.70. The summed E-state index contributed by atoms with van der Waals surface area (Å²) in [5.41, 5.74) is -1.43. The zero-order valence-electron chi connectivity index (χ0n) is 15.5. The van der Waals surface area contributed by atoms with Gasteiger partial charge in [-0.05, 0) is 58.5 Å². The van der Waals surface area contributed by atoms with Crippen LogP contribution >= 0.6 is 22.6 Å². The first-order chi connectivity index (χ1) is 14.3. The van der Waals surface area contributed by atoms with E-state index in [4.69, 9.17) is 4.74 Å². The van der Waals surface area contributed by atoms with Crippen LogP contribution in [0.1, 0.15) is 16.7 Å². The van der Waals surface area contributed by atoms with E-state index in [1.54, 1.807) is 71.1 Å². The van der Waals surface area contributed by atoms with Crippen molar-refractivity contribution in [1.29, 1.82) is 0 Å². The van der Waals surface area contributed by atoms with Crippen molar-refractivity contribution in [3.63, 3.8) is 0 Å². The van der Waals surface area contributed by atoms with Gasteiger partial charge in [0.1, 0.15) is 22.8 Å². The maximum absolute atomic E-state index is 14.8. The Morgan fingerprint density at radius 1 is 0.733 bits per heavy atom. The van der Waals surface area contributed by atoms with Gasteiger partial charge in [0.15, 0.2) is 0 Å². The lowest BCUT2D eigenvalue weighted by Crippen LogP contribution is -2.43. The van der Waals surface area contributed by atoms with Crippen molar-refractivity contribution < 1.29 is 22.3 Å². The van der Waals surface area contributed by atoms with Crippen LogP contribution in [0.15, 0.2) is 94.6 Å². The molecule has 4 rings (SSSR count). The molecular formula is C24H15F4IO. The lowest BCUT2D eigenvalue weighted by Gasteiger charge is -2.38. The van der Waals surface area contributed by atoms with Crippen molar-refractivity contribution in [3.8, 4) is 0 Å². The molecule has 0 bridgehead atoms. The van der Waals surface area contributed by atoms with Crippen molar-refractivity contribution in [2.24, 2.45) is 0 Å². The Balaban J connectivity index is 2.03. The quantitative estimate of drug-likeness (QED) is 0.256. The van der Waals surface area contributed by atoms with E-state index in [1.165, 1.54) is 36.4 Å². The molecule has 1 heterocycles. The molecule has 0 aliphatic carbocycles. The largest absolute Gasteiger partial charge is 0.456 e. The highest BCUT2D eigenvalue weighted by molar-refractivity contribution is 14.1. The number of halogens is 5. The second-order valence-electron chi connectivity index (χ2n) is 6.80. The SMILES string of the molecule is Fc1ccc(C2=C(I)C(c3ccccc3)(C(F)(F)F)C=C(c3ccccc3)O2)cc1. The first-order valence-corrected chi connectivity index (χ1v) is 10.2. The highest BCUT2D eigenvalue weighted by Crippen LogP contribution is 2.56. The van der Waals surface area contributed by atoms with Crippen molar-refractivity contribution in [3.05, 3.63) is 117 Å². The summed E-state index contributed by atoms with van der Waals surface area (Å²) in [5.74, 6) is -0.330. The van der Waals surface area contributed by atoms with E-state index < -0.39 is 17.4 Å². The maximum Gasteiger partial charge on any atom is 0.406 e. The lowest BCUT2D eigenvalue weighted by molar-refractivity contribution is -0.163. The van der Waals surface area contributed by atoms with E-state index in [-0.39, 0.29) is 20.7 Å². The molecule has 0 radical (unpaired) electrons. The van der Waals surface area contributed by atoms with E-state index in [0.29, 0.717) is 11.1 Å². The second kappa shape index (κ2) is 7.91. The van der Waals surface area contributed by atoms with Gasteiger partial charge in [0.25, 0.3) is 0 Å². The number of allylic oxidation sites excluding steroid dienone is 2. The topological polar surface area (TPSA) is 9.23 Å². The first-order valence-electron chi connectivity index (χ1n) is 9.07. The molecule has 6 heteroatoms. The molecule has 1 aliphatic rings.